The fraction of sp³-hybridized carbons (Fsp3) is 0.0667. The number of hydrogen-bond acceptors (Lipinski definition) is 2. The highest BCUT2D eigenvalue weighted by molar-refractivity contribution is 5.64. The summed E-state index contributed by atoms with van der Waals surface area (Å²) in [6.45, 7) is 0.786. The van der Waals surface area contributed by atoms with Crippen molar-refractivity contribution in [2.45, 2.75) is 0 Å². The van der Waals surface area contributed by atoms with Crippen molar-refractivity contribution in [2.75, 3.05) is 11.6 Å². The minimum Gasteiger partial charge on any atom is -0.379 e. The maximum atomic E-state index is 5.83. The Hall–Kier alpha value is -2.22. The largest absolute Gasteiger partial charge is 0.379 e. The summed E-state index contributed by atoms with van der Waals surface area (Å²) in [6, 6.07) is 20.3. The standard InChI is InChI=1S/C15H13NO/c1-3-7-13(8-4-1)15-11-12-16(17-15)14-9-5-2-6-10-14/h1-11H,12H2. The predicted molar refractivity (Wildman–Crippen MR) is 69.3 cm³/mol. The van der Waals surface area contributed by atoms with E-state index in [1.54, 1.807) is 0 Å². The molecule has 84 valence electrons. The van der Waals surface area contributed by atoms with Crippen LogP contribution in [0.25, 0.3) is 5.76 Å². The Kier molecular flexibility index (Phi) is 2.54. The van der Waals surface area contributed by atoms with Gasteiger partial charge in [0.2, 0.25) is 0 Å². The van der Waals surface area contributed by atoms with Crippen LogP contribution in [0.4, 0.5) is 5.69 Å². The zero-order chi connectivity index (χ0) is 11.5. The molecule has 0 radical (unpaired) electrons. The van der Waals surface area contributed by atoms with E-state index < -0.39 is 0 Å². The van der Waals surface area contributed by atoms with Gasteiger partial charge in [-0.15, -0.1) is 0 Å². The van der Waals surface area contributed by atoms with Gasteiger partial charge in [0.25, 0.3) is 0 Å². The lowest BCUT2D eigenvalue weighted by atomic mass is 10.2. The molecule has 2 nitrogen and oxygen atoms in total. The smallest absolute Gasteiger partial charge is 0.160 e. The number of hydroxylamine groups is 1. The third kappa shape index (κ3) is 2.02. The molecule has 0 saturated heterocycles. The van der Waals surface area contributed by atoms with E-state index in [1.165, 1.54) is 0 Å². The van der Waals surface area contributed by atoms with Gasteiger partial charge >= 0.3 is 0 Å². The third-order valence-electron chi connectivity index (χ3n) is 2.75. The Balaban J connectivity index is 1.78. The van der Waals surface area contributed by atoms with Gasteiger partial charge in [0.15, 0.2) is 5.76 Å². The monoisotopic (exact) mass is 223 g/mol. The maximum absolute atomic E-state index is 5.83. The van der Waals surface area contributed by atoms with Gasteiger partial charge in [0.1, 0.15) is 0 Å². The lowest BCUT2D eigenvalue weighted by Crippen LogP contribution is -2.16. The number of para-hydroxylation sites is 1. The van der Waals surface area contributed by atoms with Crippen LogP contribution in [-0.2, 0) is 4.84 Å². The molecule has 3 rings (SSSR count). The predicted octanol–water partition coefficient (Wildman–Crippen LogP) is 3.48. The molecule has 2 aromatic carbocycles. The molecule has 2 aromatic rings. The van der Waals surface area contributed by atoms with Crippen LogP contribution in [0, 0.1) is 0 Å². The van der Waals surface area contributed by atoms with E-state index in [9.17, 15) is 0 Å². The van der Waals surface area contributed by atoms with Crippen LogP contribution in [0.5, 0.6) is 0 Å². The molecular formula is C15H13NO. The van der Waals surface area contributed by atoms with Crippen LogP contribution in [0.2, 0.25) is 0 Å². The Morgan fingerprint density at radius 1 is 0.824 bits per heavy atom. The van der Waals surface area contributed by atoms with Gasteiger partial charge in [0, 0.05) is 5.56 Å². The van der Waals surface area contributed by atoms with Crippen molar-refractivity contribution in [1.29, 1.82) is 0 Å². The van der Waals surface area contributed by atoms with Crippen molar-refractivity contribution in [3.05, 3.63) is 72.3 Å². The van der Waals surface area contributed by atoms with E-state index in [2.05, 4.69) is 18.2 Å². The molecule has 0 saturated carbocycles. The van der Waals surface area contributed by atoms with Crippen LogP contribution < -0.4 is 5.06 Å². The highest BCUT2D eigenvalue weighted by atomic mass is 16.7. The lowest BCUT2D eigenvalue weighted by Gasteiger charge is -2.18. The Labute approximate surface area is 101 Å². The van der Waals surface area contributed by atoms with Gasteiger partial charge in [-0.3, -0.25) is 0 Å². The molecule has 17 heavy (non-hydrogen) atoms. The second-order valence-electron chi connectivity index (χ2n) is 3.92. The zero-order valence-corrected chi connectivity index (χ0v) is 9.41. The first-order valence-corrected chi connectivity index (χ1v) is 5.69. The molecule has 0 atom stereocenters. The first-order chi connectivity index (χ1) is 8.43. The van der Waals surface area contributed by atoms with Crippen molar-refractivity contribution < 1.29 is 4.84 Å². The first-order valence-electron chi connectivity index (χ1n) is 5.69. The van der Waals surface area contributed by atoms with Crippen molar-refractivity contribution in [1.82, 2.24) is 0 Å². The molecule has 2 heteroatoms. The summed E-state index contributed by atoms with van der Waals surface area (Å²) in [6.07, 6.45) is 2.10. The van der Waals surface area contributed by atoms with Crippen LogP contribution in [-0.4, -0.2) is 6.54 Å². The van der Waals surface area contributed by atoms with Crippen LogP contribution in [0.3, 0.4) is 0 Å². The molecule has 0 unspecified atom stereocenters. The molecule has 1 aliphatic rings. The Morgan fingerprint density at radius 2 is 1.47 bits per heavy atom. The van der Waals surface area contributed by atoms with E-state index in [0.29, 0.717) is 0 Å². The number of nitrogens with zero attached hydrogens (tertiary/aromatic N) is 1. The summed E-state index contributed by atoms with van der Waals surface area (Å²) >= 11 is 0. The Bertz CT molecular complexity index is 519. The average molecular weight is 223 g/mol. The fourth-order valence-corrected chi connectivity index (χ4v) is 1.88. The normalized spacial score (nSPS) is 14.4. The lowest BCUT2D eigenvalue weighted by molar-refractivity contribution is 0.271. The van der Waals surface area contributed by atoms with Gasteiger partial charge in [-0.1, -0.05) is 48.5 Å². The fourth-order valence-electron chi connectivity index (χ4n) is 1.88. The van der Waals surface area contributed by atoms with Gasteiger partial charge in [-0.25, -0.2) is 5.06 Å². The number of anilines is 1. The SMILES string of the molecule is C1=C(c2ccccc2)ON(c2ccccc2)C1. The summed E-state index contributed by atoms with van der Waals surface area (Å²) in [5, 5.41) is 1.89. The van der Waals surface area contributed by atoms with E-state index in [1.807, 2.05) is 53.6 Å². The average Bonchev–Trinajstić information content (AvgIpc) is 2.90. The molecule has 0 aromatic heterocycles. The van der Waals surface area contributed by atoms with Gasteiger partial charge in [0.05, 0.1) is 12.2 Å². The second-order valence-corrected chi connectivity index (χ2v) is 3.92. The summed E-state index contributed by atoms with van der Waals surface area (Å²) in [5.74, 6) is 0.925. The highest BCUT2D eigenvalue weighted by Gasteiger charge is 2.17. The quantitative estimate of drug-likeness (QED) is 0.772. The van der Waals surface area contributed by atoms with Crippen molar-refractivity contribution >= 4 is 11.4 Å². The second kappa shape index (κ2) is 4.34. The third-order valence-corrected chi connectivity index (χ3v) is 2.75. The van der Waals surface area contributed by atoms with Crippen molar-refractivity contribution in [3.8, 4) is 0 Å². The molecule has 0 bridgehead atoms. The summed E-state index contributed by atoms with van der Waals surface area (Å²) < 4.78 is 0. The van der Waals surface area contributed by atoms with E-state index in [4.69, 9.17) is 4.84 Å². The summed E-state index contributed by atoms with van der Waals surface area (Å²) in [5.41, 5.74) is 2.20. The van der Waals surface area contributed by atoms with E-state index in [0.717, 1.165) is 23.6 Å². The summed E-state index contributed by atoms with van der Waals surface area (Å²) in [4.78, 5) is 5.83. The van der Waals surface area contributed by atoms with Crippen LogP contribution in [0.1, 0.15) is 5.56 Å². The van der Waals surface area contributed by atoms with Gasteiger partial charge < -0.3 is 4.84 Å². The van der Waals surface area contributed by atoms with Crippen molar-refractivity contribution in [3.63, 3.8) is 0 Å². The van der Waals surface area contributed by atoms with Gasteiger partial charge in [-0.05, 0) is 18.2 Å². The number of rotatable bonds is 2. The van der Waals surface area contributed by atoms with E-state index in [-0.39, 0.29) is 0 Å². The van der Waals surface area contributed by atoms with E-state index >= 15 is 0 Å². The summed E-state index contributed by atoms with van der Waals surface area (Å²) in [7, 11) is 0. The zero-order valence-electron chi connectivity index (χ0n) is 9.41. The van der Waals surface area contributed by atoms with Crippen LogP contribution >= 0.6 is 0 Å². The molecule has 0 N–H and O–H groups in total. The maximum Gasteiger partial charge on any atom is 0.160 e. The number of hydrogen-bond donors (Lipinski definition) is 0. The molecule has 1 heterocycles. The minimum absolute atomic E-state index is 0.786. The molecular weight excluding hydrogens is 210 g/mol. The molecule has 0 amide bonds. The van der Waals surface area contributed by atoms with Crippen molar-refractivity contribution in [2.24, 2.45) is 0 Å². The molecule has 1 aliphatic heterocycles. The topological polar surface area (TPSA) is 12.5 Å². The minimum atomic E-state index is 0.786. The molecule has 0 spiro atoms. The first kappa shape index (κ1) is 9.97. The molecule has 0 fully saturated rings. The molecule has 0 aliphatic carbocycles. The highest BCUT2D eigenvalue weighted by Crippen LogP contribution is 2.26. The van der Waals surface area contributed by atoms with Crippen LogP contribution in [0.15, 0.2) is 66.7 Å². The Morgan fingerprint density at radius 3 is 2.18 bits per heavy atom. The van der Waals surface area contributed by atoms with Gasteiger partial charge in [-0.2, -0.15) is 0 Å². The number of benzene rings is 2.